The summed E-state index contributed by atoms with van der Waals surface area (Å²) in [6, 6.07) is 0. The molecule has 4 nitrogen and oxygen atoms in total. The molecule has 0 amide bonds. The Bertz CT molecular complexity index is 425. The molecular weight excluding hydrogens is 225 g/mol. The second kappa shape index (κ2) is 3.50. The van der Waals surface area contributed by atoms with E-state index >= 15 is 0 Å². The summed E-state index contributed by atoms with van der Waals surface area (Å²) in [5.41, 5.74) is -1.02. The van der Waals surface area contributed by atoms with E-state index in [1.54, 1.807) is 0 Å². The van der Waals surface area contributed by atoms with Crippen molar-refractivity contribution in [2.45, 2.75) is 31.5 Å². The number of nitrogens with zero attached hydrogens (tertiary/aromatic N) is 2. The lowest BCUT2D eigenvalue weighted by molar-refractivity contribution is -0.142. The number of hydrogen-bond acceptors (Lipinski definition) is 2. The van der Waals surface area contributed by atoms with Crippen LogP contribution in [0.3, 0.4) is 0 Å². The van der Waals surface area contributed by atoms with Crippen LogP contribution in [0.25, 0.3) is 0 Å². The highest BCUT2D eigenvalue weighted by Crippen LogP contribution is 2.33. The lowest BCUT2D eigenvalue weighted by Crippen LogP contribution is -2.22. The minimum atomic E-state index is -4.52. The maximum Gasteiger partial charge on any atom is 0.434 e. The van der Waals surface area contributed by atoms with E-state index in [4.69, 9.17) is 5.11 Å². The minimum Gasteiger partial charge on any atom is -0.481 e. The topological polar surface area (TPSA) is 55.1 Å². The third-order valence-corrected chi connectivity index (χ3v) is 2.60. The fourth-order valence-electron chi connectivity index (χ4n) is 1.85. The van der Waals surface area contributed by atoms with Crippen molar-refractivity contribution in [2.24, 2.45) is 0 Å². The third-order valence-electron chi connectivity index (χ3n) is 2.60. The van der Waals surface area contributed by atoms with Crippen LogP contribution in [0.5, 0.6) is 0 Å². The number of rotatable bonds is 1. The van der Waals surface area contributed by atoms with Crippen molar-refractivity contribution in [3.05, 3.63) is 17.7 Å². The summed E-state index contributed by atoms with van der Waals surface area (Å²) in [7, 11) is 0. The molecule has 2 heterocycles. The third kappa shape index (κ3) is 1.77. The van der Waals surface area contributed by atoms with Gasteiger partial charge in [0.15, 0.2) is 5.69 Å². The van der Waals surface area contributed by atoms with E-state index in [1.165, 1.54) is 4.57 Å². The Morgan fingerprint density at radius 1 is 1.56 bits per heavy atom. The van der Waals surface area contributed by atoms with Crippen molar-refractivity contribution < 1.29 is 23.1 Å². The number of carbonyl (C=O) groups is 1. The van der Waals surface area contributed by atoms with Crippen LogP contribution in [-0.4, -0.2) is 20.6 Å². The maximum atomic E-state index is 12.4. The fourth-order valence-corrected chi connectivity index (χ4v) is 1.85. The van der Waals surface area contributed by atoms with Crippen molar-refractivity contribution in [3.63, 3.8) is 0 Å². The molecule has 0 aromatic carbocycles. The normalized spacial score (nSPS) is 20.6. The summed E-state index contributed by atoms with van der Waals surface area (Å²) < 4.78 is 38.4. The average Bonchev–Trinajstić information content (AvgIpc) is 2.59. The molecule has 0 fully saturated rings. The smallest absolute Gasteiger partial charge is 0.434 e. The van der Waals surface area contributed by atoms with E-state index in [-0.39, 0.29) is 5.82 Å². The summed E-state index contributed by atoms with van der Waals surface area (Å²) >= 11 is 0. The van der Waals surface area contributed by atoms with Gasteiger partial charge in [-0.1, -0.05) is 0 Å². The van der Waals surface area contributed by atoms with Crippen molar-refractivity contribution in [3.8, 4) is 0 Å². The second-order valence-corrected chi connectivity index (χ2v) is 3.71. The van der Waals surface area contributed by atoms with E-state index < -0.39 is 23.8 Å². The molecule has 0 radical (unpaired) electrons. The van der Waals surface area contributed by atoms with Crippen LogP contribution in [0.15, 0.2) is 6.20 Å². The number of aliphatic carboxylic acids is 1. The average molecular weight is 234 g/mol. The number of alkyl halides is 3. The molecule has 1 aromatic heterocycles. The molecule has 0 saturated carbocycles. The molecule has 16 heavy (non-hydrogen) atoms. The Morgan fingerprint density at radius 2 is 2.25 bits per heavy atom. The molecule has 1 aliphatic heterocycles. The molecule has 0 spiro atoms. The van der Waals surface area contributed by atoms with Gasteiger partial charge in [0.05, 0.1) is 0 Å². The number of fused-ring (bicyclic) bond motifs is 1. The summed E-state index contributed by atoms with van der Waals surface area (Å²) in [6.45, 7) is 0.391. The highest BCUT2D eigenvalue weighted by molar-refractivity contribution is 5.75. The standard InChI is InChI=1S/C9H9F3N2O2/c10-9(11,12)6-4-14-3-1-2-5(8(15)16)7(14)13-6/h4-5H,1-3H2,(H,15,16)/t5-/m0/s1. The quantitative estimate of drug-likeness (QED) is 0.806. The van der Waals surface area contributed by atoms with E-state index in [9.17, 15) is 18.0 Å². The number of hydrogen-bond donors (Lipinski definition) is 1. The summed E-state index contributed by atoms with van der Waals surface area (Å²) in [5, 5.41) is 8.86. The van der Waals surface area contributed by atoms with Crippen molar-refractivity contribution in [2.75, 3.05) is 0 Å². The van der Waals surface area contributed by atoms with Gasteiger partial charge in [0.1, 0.15) is 11.7 Å². The van der Waals surface area contributed by atoms with Crippen LogP contribution in [0.2, 0.25) is 0 Å². The van der Waals surface area contributed by atoms with Gasteiger partial charge in [-0.15, -0.1) is 0 Å². The Hall–Kier alpha value is -1.53. The maximum absolute atomic E-state index is 12.4. The van der Waals surface area contributed by atoms with Gasteiger partial charge in [-0.05, 0) is 12.8 Å². The van der Waals surface area contributed by atoms with E-state index in [0.29, 0.717) is 19.4 Å². The Morgan fingerprint density at radius 3 is 2.81 bits per heavy atom. The first-order valence-electron chi connectivity index (χ1n) is 4.76. The first kappa shape index (κ1) is 11.0. The van der Waals surface area contributed by atoms with Crippen LogP contribution in [0.1, 0.15) is 30.3 Å². The monoisotopic (exact) mass is 234 g/mol. The first-order chi connectivity index (χ1) is 7.39. The Balaban J connectivity index is 2.42. The molecule has 0 aliphatic carbocycles. The van der Waals surface area contributed by atoms with Crippen molar-refractivity contribution >= 4 is 5.97 Å². The molecule has 7 heteroatoms. The molecule has 0 saturated heterocycles. The molecular formula is C9H9F3N2O2. The fraction of sp³-hybridized carbons (Fsp3) is 0.556. The predicted molar refractivity (Wildman–Crippen MR) is 46.8 cm³/mol. The Kier molecular flexibility index (Phi) is 2.40. The predicted octanol–water partition coefficient (Wildman–Crippen LogP) is 1.86. The molecule has 88 valence electrons. The lowest BCUT2D eigenvalue weighted by atomic mass is 9.99. The van der Waals surface area contributed by atoms with E-state index in [2.05, 4.69) is 4.98 Å². The molecule has 1 aliphatic rings. The van der Waals surface area contributed by atoms with Crippen LogP contribution >= 0.6 is 0 Å². The largest absolute Gasteiger partial charge is 0.481 e. The summed E-state index contributed by atoms with van der Waals surface area (Å²) in [4.78, 5) is 14.2. The zero-order chi connectivity index (χ0) is 11.9. The van der Waals surface area contributed by atoms with E-state index in [1.807, 2.05) is 0 Å². The highest BCUT2D eigenvalue weighted by atomic mass is 19.4. The number of halogens is 3. The molecule has 2 rings (SSSR count). The Labute approximate surface area is 88.7 Å². The van der Waals surface area contributed by atoms with Gasteiger partial charge < -0.3 is 9.67 Å². The number of aryl methyl sites for hydroxylation is 1. The molecule has 1 aromatic rings. The van der Waals surface area contributed by atoms with Gasteiger partial charge in [-0.25, -0.2) is 4.98 Å². The zero-order valence-electron chi connectivity index (χ0n) is 8.16. The number of aromatic nitrogens is 2. The van der Waals surface area contributed by atoms with Crippen molar-refractivity contribution in [1.29, 1.82) is 0 Å². The highest BCUT2D eigenvalue weighted by Gasteiger charge is 2.37. The second-order valence-electron chi connectivity index (χ2n) is 3.71. The van der Waals surface area contributed by atoms with Gasteiger partial charge in [-0.3, -0.25) is 4.79 Å². The number of carboxylic acids is 1. The first-order valence-corrected chi connectivity index (χ1v) is 4.76. The molecule has 0 unspecified atom stereocenters. The zero-order valence-corrected chi connectivity index (χ0v) is 8.16. The van der Waals surface area contributed by atoms with E-state index in [0.717, 1.165) is 6.20 Å². The lowest BCUT2D eigenvalue weighted by Gasteiger charge is -2.19. The molecule has 0 bridgehead atoms. The van der Waals surface area contributed by atoms with Crippen molar-refractivity contribution in [1.82, 2.24) is 9.55 Å². The van der Waals surface area contributed by atoms with Gasteiger partial charge in [0, 0.05) is 12.7 Å². The van der Waals surface area contributed by atoms with Crippen LogP contribution in [0.4, 0.5) is 13.2 Å². The van der Waals surface area contributed by atoms with Gasteiger partial charge in [0.25, 0.3) is 0 Å². The van der Waals surface area contributed by atoms with Crippen LogP contribution < -0.4 is 0 Å². The van der Waals surface area contributed by atoms with Crippen LogP contribution in [0, 0.1) is 0 Å². The summed E-state index contributed by atoms with van der Waals surface area (Å²) in [5.74, 6) is -2.05. The molecule has 1 N–H and O–H groups in total. The van der Waals surface area contributed by atoms with Gasteiger partial charge in [0.2, 0.25) is 0 Å². The number of imidazole rings is 1. The van der Waals surface area contributed by atoms with Gasteiger partial charge >= 0.3 is 12.1 Å². The SMILES string of the molecule is O=C(O)[C@H]1CCCn2cc(C(F)(F)F)nc21. The summed E-state index contributed by atoms with van der Waals surface area (Å²) in [6.07, 6.45) is -2.75. The number of carboxylic acid groups (broad SMARTS) is 1. The minimum absolute atomic E-state index is 0.00563. The van der Waals surface area contributed by atoms with Crippen LogP contribution in [-0.2, 0) is 17.5 Å². The molecule has 1 atom stereocenters. The van der Waals surface area contributed by atoms with Gasteiger partial charge in [-0.2, -0.15) is 13.2 Å².